The van der Waals surface area contributed by atoms with E-state index in [-0.39, 0.29) is 12.1 Å². The van der Waals surface area contributed by atoms with E-state index in [9.17, 15) is 4.79 Å². The molecule has 1 unspecified atom stereocenters. The molecule has 92 valence electrons. The fourth-order valence-corrected chi connectivity index (χ4v) is 1.97. The number of nitrogens with two attached hydrogens (primary N) is 1. The molecule has 0 aromatic heterocycles. The second kappa shape index (κ2) is 4.75. The number of benzene rings is 1. The zero-order chi connectivity index (χ0) is 12.4. The molecule has 1 aliphatic heterocycles. The van der Waals surface area contributed by atoms with Crippen LogP contribution in [-0.4, -0.2) is 25.3 Å². The predicted octanol–water partition coefficient (Wildman–Crippen LogP) is 1.83. The summed E-state index contributed by atoms with van der Waals surface area (Å²) in [6, 6.07) is 3.71. The fourth-order valence-electron chi connectivity index (χ4n) is 1.97. The zero-order valence-corrected chi connectivity index (χ0v) is 10.2. The second-order valence-electron chi connectivity index (χ2n) is 4.43. The summed E-state index contributed by atoms with van der Waals surface area (Å²) in [6.07, 6.45) is 0.624. The Morgan fingerprint density at radius 1 is 1.47 bits per heavy atom. The van der Waals surface area contributed by atoms with E-state index < -0.39 is 0 Å². The van der Waals surface area contributed by atoms with Gasteiger partial charge in [0.2, 0.25) is 0 Å². The van der Waals surface area contributed by atoms with Crippen LogP contribution in [0.3, 0.4) is 0 Å². The molecule has 0 bridgehead atoms. The van der Waals surface area contributed by atoms with Gasteiger partial charge in [-0.3, -0.25) is 0 Å². The SMILES string of the molecule is Cc1cc(C)c(N)c(C(=O)OC2CCOC2)c1. The molecule has 2 rings (SSSR count). The molecule has 1 heterocycles. The molecule has 1 atom stereocenters. The van der Waals surface area contributed by atoms with E-state index in [0.29, 0.717) is 24.5 Å². The van der Waals surface area contributed by atoms with Gasteiger partial charge in [-0.1, -0.05) is 6.07 Å². The molecule has 2 N–H and O–H groups in total. The van der Waals surface area contributed by atoms with E-state index in [1.165, 1.54) is 0 Å². The third kappa shape index (κ3) is 2.58. The summed E-state index contributed by atoms with van der Waals surface area (Å²) in [7, 11) is 0. The van der Waals surface area contributed by atoms with Gasteiger partial charge in [-0.05, 0) is 31.0 Å². The summed E-state index contributed by atoms with van der Waals surface area (Å²) in [5.74, 6) is -0.357. The molecule has 1 fully saturated rings. The number of rotatable bonds is 2. The topological polar surface area (TPSA) is 61.6 Å². The summed E-state index contributed by atoms with van der Waals surface area (Å²) >= 11 is 0. The smallest absolute Gasteiger partial charge is 0.340 e. The van der Waals surface area contributed by atoms with E-state index in [2.05, 4.69) is 0 Å². The highest BCUT2D eigenvalue weighted by Gasteiger charge is 2.22. The third-order valence-corrected chi connectivity index (χ3v) is 2.91. The minimum atomic E-state index is -0.357. The molecule has 4 nitrogen and oxygen atoms in total. The lowest BCUT2D eigenvalue weighted by atomic mass is 10.0. The Hall–Kier alpha value is -1.55. The van der Waals surface area contributed by atoms with Crippen molar-refractivity contribution in [1.29, 1.82) is 0 Å². The van der Waals surface area contributed by atoms with Crippen molar-refractivity contribution < 1.29 is 14.3 Å². The van der Waals surface area contributed by atoms with Crippen LogP contribution in [0.4, 0.5) is 5.69 Å². The second-order valence-corrected chi connectivity index (χ2v) is 4.43. The number of aryl methyl sites for hydroxylation is 2. The molecule has 0 spiro atoms. The first kappa shape index (κ1) is 11.9. The zero-order valence-electron chi connectivity index (χ0n) is 10.2. The van der Waals surface area contributed by atoms with E-state index in [4.69, 9.17) is 15.2 Å². The van der Waals surface area contributed by atoms with Crippen LogP contribution in [0.2, 0.25) is 0 Å². The van der Waals surface area contributed by atoms with Crippen LogP contribution < -0.4 is 5.73 Å². The van der Waals surface area contributed by atoms with Crippen molar-refractivity contribution in [1.82, 2.24) is 0 Å². The Morgan fingerprint density at radius 2 is 2.24 bits per heavy atom. The molecule has 17 heavy (non-hydrogen) atoms. The van der Waals surface area contributed by atoms with Crippen molar-refractivity contribution in [2.75, 3.05) is 18.9 Å². The largest absolute Gasteiger partial charge is 0.456 e. The van der Waals surface area contributed by atoms with Gasteiger partial charge in [0.1, 0.15) is 6.10 Å². The van der Waals surface area contributed by atoms with Gasteiger partial charge in [0.15, 0.2) is 0 Å². The third-order valence-electron chi connectivity index (χ3n) is 2.91. The van der Waals surface area contributed by atoms with Gasteiger partial charge in [0.25, 0.3) is 0 Å². The maximum atomic E-state index is 12.0. The molecular formula is C13H17NO3. The summed E-state index contributed by atoms with van der Waals surface area (Å²) in [5.41, 5.74) is 8.76. The van der Waals surface area contributed by atoms with Crippen molar-refractivity contribution in [2.24, 2.45) is 0 Å². The Kier molecular flexibility index (Phi) is 3.33. The first-order valence-corrected chi connectivity index (χ1v) is 5.73. The minimum Gasteiger partial charge on any atom is -0.456 e. The maximum Gasteiger partial charge on any atom is 0.340 e. The summed E-state index contributed by atoms with van der Waals surface area (Å²) in [4.78, 5) is 12.0. The maximum absolute atomic E-state index is 12.0. The lowest BCUT2D eigenvalue weighted by Crippen LogP contribution is -2.19. The number of nitrogen functional groups attached to an aromatic ring is 1. The predicted molar refractivity (Wildman–Crippen MR) is 65.0 cm³/mol. The highest BCUT2D eigenvalue weighted by molar-refractivity contribution is 5.96. The van der Waals surface area contributed by atoms with E-state index in [1.807, 2.05) is 19.9 Å². The van der Waals surface area contributed by atoms with Gasteiger partial charge in [-0.25, -0.2) is 4.79 Å². The standard InChI is InChI=1S/C13H17NO3/c1-8-5-9(2)12(14)11(6-8)13(15)17-10-3-4-16-7-10/h5-6,10H,3-4,7,14H2,1-2H3. The van der Waals surface area contributed by atoms with Gasteiger partial charge in [0, 0.05) is 12.1 Å². The van der Waals surface area contributed by atoms with Gasteiger partial charge >= 0.3 is 5.97 Å². The van der Waals surface area contributed by atoms with Crippen molar-refractivity contribution in [2.45, 2.75) is 26.4 Å². The number of carbonyl (C=O) groups is 1. The Balaban J connectivity index is 2.18. The average molecular weight is 235 g/mol. The lowest BCUT2D eigenvalue weighted by Gasteiger charge is -2.13. The minimum absolute atomic E-state index is 0.136. The molecule has 1 saturated heterocycles. The monoisotopic (exact) mass is 235 g/mol. The van der Waals surface area contributed by atoms with Crippen LogP contribution in [-0.2, 0) is 9.47 Å². The molecule has 4 heteroatoms. The van der Waals surface area contributed by atoms with Gasteiger partial charge < -0.3 is 15.2 Å². The molecule has 1 aromatic carbocycles. The summed E-state index contributed by atoms with van der Waals surface area (Å²) in [6.45, 7) is 4.95. The van der Waals surface area contributed by atoms with Gasteiger partial charge in [0.05, 0.1) is 18.8 Å². The molecule has 1 aliphatic rings. The summed E-state index contributed by atoms with van der Waals surface area (Å²) in [5, 5.41) is 0. The number of hydrogen-bond acceptors (Lipinski definition) is 4. The van der Waals surface area contributed by atoms with E-state index >= 15 is 0 Å². The molecule has 1 aromatic rings. The van der Waals surface area contributed by atoms with Crippen LogP contribution in [0.1, 0.15) is 27.9 Å². The summed E-state index contributed by atoms with van der Waals surface area (Å²) < 4.78 is 10.5. The Labute approximate surface area is 101 Å². The molecule has 0 amide bonds. The fraction of sp³-hybridized carbons (Fsp3) is 0.462. The average Bonchev–Trinajstić information content (AvgIpc) is 2.76. The number of ether oxygens (including phenoxy) is 2. The quantitative estimate of drug-likeness (QED) is 0.627. The van der Waals surface area contributed by atoms with Crippen molar-refractivity contribution in [3.63, 3.8) is 0 Å². The Bertz CT molecular complexity index is 437. The first-order chi connectivity index (χ1) is 8.08. The Morgan fingerprint density at radius 3 is 2.88 bits per heavy atom. The molecule has 0 saturated carbocycles. The van der Waals surface area contributed by atoms with Crippen LogP contribution in [0.15, 0.2) is 12.1 Å². The van der Waals surface area contributed by atoms with Crippen molar-refractivity contribution >= 4 is 11.7 Å². The van der Waals surface area contributed by atoms with Crippen LogP contribution in [0, 0.1) is 13.8 Å². The highest BCUT2D eigenvalue weighted by atomic mass is 16.6. The van der Waals surface area contributed by atoms with Gasteiger partial charge in [-0.2, -0.15) is 0 Å². The van der Waals surface area contributed by atoms with E-state index in [0.717, 1.165) is 17.5 Å². The van der Waals surface area contributed by atoms with Gasteiger partial charge in [-0.15, -0.1) is 0 Å². The number of anilines is 1. The van der Waals surface area contributed by atoms with Crippen LogP contribution >= 0.6 is 0 Å². The first-order valence-electron chi connectivity index (χ1n) is 5.73. The lowest BCUT2D eigenvalue weighted by molar-refractivity contribution is 0.0271. The molecule has 0 aliphatic carbocycles. The van der Waals surface area contributed by atoms with Crippen LogP contribution in [0.5, 0.6) is 0 Å². The number of hydrogen-bond donors (Lipinski definition) is 1. The van der Waals surface area contributed by atoms with E-state index in [1.54, 1.807) is 6.07 Å². The molecule has 0 radical (unpaired) electrons. The highest BCUT2D eigenvalue weighted by Crippen LogP contribution is 2.21. The van der Waals surface area contributed by atoms with Crippen molar-refractivity contribution in [3.05, 3.63) is 28.8 Å². The number of esters is 1. The van der Waals surface area contributed by atoms with Crippen molar-refractivity contribution in [3.8, 4) is 0 Å². The molecular weight excluding hydrogens is 218 g/mol. The number of carbonyl (C=O) groups excluding carboxylic acids is 1. The normalized spacial score (nSPS) is 19.3. The van der Waals surface area contributed by atoms with Crippen LogP contribution in [0.25, 0.3) is 0 Å².